The van der Waals surface area contributed by atoms with Crippen molar-refractivity contribution in [2.45, 2.75) is 36.2 Å². The second-order valence-electron chi connectivity index (χ2n) is 3.99. The number of hydrogen-bond donors (Lipinski definition) is 0. The lowest BCUT2D eigenvalue weighted by Gasteiger charge is -2.45. The molecule has 11 heavy (non-hydrogen) atoms. The van der Waals surface area contributed by atoms with Crippen LogP contribution >= 0.6 is 22.6 Å². The van der Waals surface area contributed by atoms with Crippen molar-refractivity contribution in [1.29, 1.82) is 0 Å². The molecule has 1 heterocycles. The Kier molecular flexibility index (Phi) is 2.42. The molecule has 2 rings (SSSR count). The third kappa shape index (κ3) is 1.57. The first-order valence-electron chi connectivity index (χ1n) is 4.65. The van der Waals surface area contributed by atoms with Crippen molar-refractivity contribution in [1.82, 2.24) is 4.90 Å². The summed E-state index contributed by atoms with van der Waals surface area (Å²) in [5, 5.41) is 0. The van der Waals surface area contributed by atoms with Crippen molar-refractivity contribution in [3.8, 4) is 0 Å². The Balaban J connectivity index is 1.81. The fourth-order valence-corrected chi connectivity index (χ4v) is 3.05. The van der Waals surface area contributed by atoms with Crippen LogP contribution in [0.15, 0.2) is 0 Å². The molecule has 3 atom stereocenters. The van der Waals surface area contributed by atoms with E-state index in [9.17, 15) is 0 Å². The monoisotopic (exact) mass is 265 g/mol. The standard InChI is InChI=1S/C9H16IN/c1-7(10)5-11-6-8-3-2-4-9(8)11/h7-9H,2-6H2,1H3. The summed E-state index contributed by atoms with van der Waals surface area (Å²) >= 11 is 2.53. The SMILES string of the molecule is CC(I)CN1CC2CCCC21. The van der Waals surface area contributed by atoms with Crippen LogP contribution in [0.4, 0.5) is 0 Å². The number of fused-ring (bicyclic) bond motifs is 1. The topological polar surface area (TPSA) is 3.24 Å². The van der Waals surface area contributed by atoms with Gasteiger partial charge >= 0.3 is 0 Å². The first kappa shape index (κ1) is 8.30. The Bertz CT molecular complexity index is 146. The molecule has 1 aliphatic carbocycles. The van der Waals surface area contributed by atoms with Crippen LogP contribution in [0.1, 0.15) is 26.2 Å². The maximum absolute atomic E-state index is 2.68. The van der Waals surface area contributed by atoms with Crippen molar-refractivity contribution in [2.75, 3.05) is 13.1 Å². The summed E-state index contributed by atoms with van der Waals surface area (Å²) in [4.78, 5) is 2.68. The van der Waals surface area contributed by atoms with Gasteiger partial charge in [0.1, 0.15) is 0 Å². The van der Waals surface area contributed by atoms with Gasteiger partial charge in [0.2, 0.25) is 0 Å². The van der Waals surface area contributed by atoms with Crippen molar-refractivity contribution in [3.05, 3.63) is 0 Å². The zero-order valence-electron chi connectivity index (χ0n) is 7.09. The van der Waals surface area contributed by atoms with Crippen LogP contribution in [-0.4, -0.2) is 28.0 Å². The predicted octanol–water partition coefficient (Wildman–Crippen LogP) is 2.29. The highest BCUT2D eigenvalue weighted by Crippen LogP contribution is 2.38. The zero-order valence-corrected chi connectivity index (χ0v) is 9.25. The Morgan fingerprint density at radius 2 is 2.36 bits per heavy atom. The van der Waals surface area contributed by atoms with Gasteiger partial charge in [-0.3, -0.25) is 4.90 Å². The Labute approximate surface area is 82.7 Å². The maximum Gasteiger partial charge on any atom is 0.0209 e. The molecule has 0 amide bonds. The van der Waals surface area contributed by atoms with E-state index in [0.29, 0.717) is 0 Å². The second-order valence-corrected chi connectivity index (χ2v) is 6.12. The van der Waals surface area contributed by atoms with Gasteiger partial charge in [-0.25, -0.2) is 0 Å². The molecular formula is C9H16IN. The van der Waals surface area contributed by atoms with Gasteiger partial charge in [0, 0.05) is 23.1 Å². The van der Waals surface area contributed by atoms with Gasteiger partial charge in [0.15, 0.2) is 0 Å². The van der Waals surface area contributed by atoms with Crippen molar-refractivity contribution >= 4 is 22.6 Å². The average Bonchev–Trinajstić information content (AvgIpc) is 2.26. The number of halogens is 1. The van der Waals surface area contributed by atoms with Crippen LogP contribution in [0.3, 0.4) is 0 Å². The number of alkyl halides is 1. The van der Waals surface area contributed by atoms with Gasteiger partial charge in [-0.15, -0.1) is 0 Å². The molecule has 0 spiro atoms. The summed E-state index contributed by atoms with van der Waals surface area (Å²) in [6.45, 7) is 5.03. The molecule has 64 valence electrons. The van der Waals surface area contributed by atoms with Crippen LogP contribution in [0.25, 0.3) is 0 Å². The molecule has 0 aromatic carbocycles. The van der Waals surface area contributed by atoms with E-state index < -0.39 is 0 Å². The third-order valence-corrected chi connectivity index (χ3v) is 3.44. The fraction of sp³-hybridized carbons (Fsp3) is 1.00. The quantitative estimate of drug-likeness (QED) is 0.547. The van der Waals surface area contributed by atoms with E-state index in [1.54, 1.807) is 0 Å². The number of nitrogens with zero attached hydrogens (tertiary/aromatic N) is 1. The molecule has 2 heteroatoms. The minimum Gasteiger partial charge on any atom is -0.299 e. The highest BCUT2D eigenvalue weighted by molar-refractivity contribution is 14.1. The highest BCUT2D eigenvalue weighted by atomic mass is 127. The average molecular weight is 265 g/mol. The largest absolute Gasteiger partial charge is 0.299 e. The lowest BCUT2D eigenvalue weighted by molar-refractivity contribution is 0.0412. The molecule has 0 radical (unpaired) electrons. The smallest absolute Gasteiger partial charge is 0.0209 e. The molecule has 1 nitrogen and oxygen atoms in total. The van der Waals surface area contributed by atoms with Gasteiger partial charge in [0.05, 0.1) is 0 Å². The molecular weight excluding hydrogens is 249 g/mol. The van der Waals surface area contributed by atoms with Crippen LogP contribution in [-0.2, 0) is 0 Å². The Morgan fingerprint density at radius 1 is 1.55 bits per heavy atom. The molecule has 0 aromatic rings. The Hall–Kier alpha value is 0.690. The van der Waals surface area contributed by atoms with Crippen molar-refractivity contribution in [3.63, 3.8) is 0 Å². The minimum atomic E-state index is 0.828. The third-order valence-electron chi connectivity index (χ3n) is 3.04. The molecule has 0 bridgehead atoms. The van der Waals surface area contributed by atoms with Crippen LogP contribution in [0.2, 0.25) is 0 Å². The number of likely N-dealkylation sites (tertiary alicyclic amines) is 1. The summed E-state index contributed by atoms with van der Waals surface area (Å²) in [5.74, 6) is 1.09. The summed E-state index contributed by atoms with van der Waals surface area (Å²) in [6, 6.07) is 0.993. The van der Waals surface area contributed by atoms with Gasteiger partial charge in [-0.05, 0) is 18.8 Å². The van der Waals surface area contributed by atoms with Crippen LogP contribution in [0.5, 0.6) is 0 Å². The van der Waals surface area contributed by atoms with E-state index in [0.717, 1.165) is 15.9 Å². The zero-order chi connectivity index (χ0) is 7.84. The van der Waals surface area contributed by atoms with E-state index in [-0.39, 0.29) is 0 Å². The Morgan fingerprint density at radius 3 is 3.00 bits per heavy atom. The van der Waals surface area contributed by atoms with Gasteiger partial charge in [-0.1, -0.05) is 35.9 Å². The second kappa shape index (κ2) is 3.21. The van der Waals surface area contributed by atoms with Crippen LogP contribution in [0, 0.1) is 5.92 Å². The molecule has 2 fully saturated rings. The molecule has 1 saturated heterocycles. The first-order valence-corrected chi connectivity index (χ1v) is 5.90. The first-order chi connectivity index (χ1) is 5.27. The molecule has 2 aliphatic rings. The summed E-state index contributed by atoms with van der Waals surface area (Å²) < 4.78 is 0.828. The van der Waals surface area contributed by atoms with Crippen molar-refractivity contribution in [2.24, 2.45) is 5.92 Å². The summed E-state index contributed by atoms with van der Waals surface area (Å²) in [6.07, 6.45) is 4.48. The minimum absolute atomic E-state index is 0.828. The maximum atomic E-state index is 2.68. The molecule has 1 saturated carbocycles. The van der Waals surface area contributed by atoms with Gasteiger partial charge in [0.25, 0.3) is 0 Å². The molecule has 3 unspecified atom stereocenters. The van der Waals surface area contributed by atoms with Crippen LogP contribution < -0.4 is 0 Å². The lowest BCUT2D eigenvalue weighted by atomic mass is 9.92. The van der Waals surface area contributed by atoms with Crippen molar-refractivity contribution < 1.29 is 0 Å². The summed E-state index contributed by atoms with van der Waals surface area (Å²) in [5.41, 5.74) is 0. The fourth-order valence-electron chi connectivity index (χ4n) is 2.54. The van der Waals surface area contributed by atoms with E-state index in [4.69, 9.17) is 0 Å². The normalized spacial score (nSPS) is 39.8. The van der Waals surface area contributed by atoms with E-state index >= 15 is 0 Å². The molecule has 1 aliphatic heterocycles. The van der Waals surface area contributed by atoms with Gasteiger partial charge in [-0.2, -0.15) is 0 Å². The van der Waals surface area contributed by atoms with Gasteiger partial charge < -0.3 is 0 Å². The predicted molar refractivity (Wildman–Crippen MR) is 56.2 cm³/mol. The van der Waals surface area contributed by atoms with E-state index in [1.165, 1.54) is 32.4 Å². The lowest BCUT2D eigenvalue weighted by Crippen LogP contribution is -2.54. The molecule has 0 aromatic heterocycles. The number of hydrogen-bond acceptors (Lipinski definition) is 1. The van der Waals surface area contributed by atoms with E-state index in [2.05, 4.69) is 34.4 Å². The highest BCUT2D eigenvalue weighted by Gasteiger charge is 2.41. The number of rotatable bonds is 2. The summed E-state index contributed by atoms with van der Waals surface area (Å²) in [7, 11) is 0. The molecule has 0 N–H and O–H groups in total. The van der Waals surface area contributed by atoms with E-state index in [1.807, 2.05) is 0 Å².